The maximum Gasteiger partial charge on any atom is 0.229 e. The van der Waals surface area contributed by atoms with Crippen LogP contribution in [0.25, 0.3) is 0 Å². The van der Waals surface area contributed by atoms with Crippen molar-refractivity contribution in [2.24, 2.45) is 0 Å². The summed E-state index contributed by atoms with van der Waals surface area (Å²) in [6.45, 7) is 2.94. The molecule has 5 heteroatoms. The smallest absolute Gasteiger partial charge is 0.229 e. The maximum absolute atomic E-state index is 12.6. The molecule has 0 spiro atoms. The van der Waals surface area contributed by atoms with Gasteiger partial charge in [-0.25, -0.2) is 4.98 Å². The number of anilines is 1. The molecule has 1 aliphatic heterocycles. The van der Waals surface area contributed by atoms with Crippen LogP contribution < -0.4 is 5.73 Å². The van der Waals surface area contributed by atoms with Crippen molar-refractivity contribution in [3.63, 3.8) is 0 Å². The Morgan fingerprint density at radius 1 is 1.48 bits per heavy atom. The molecular weight excluding hydrogens is 282 g/mol. The number of carbonyl (C=O) groups is 1. The minimum Gasteiger partial charge on any atom is -0.375 e. The zero-order chi connectivity index (χ0) is 14.8. The van der Waals surface area contributed by atoms with Crippen molar-refractivity contribution in [1.82, 2.24) is 9.88 Å². The standard InChI is InChI=1S/C16H19N3OS/c1-11-5-2-3-6-13(11)14-7-4-8-19(14)15(20)9-12-10-21-16(17)18-12/h2-3,5-6,10,14H,4,7-9H2,1H3,(H2,17,18). The SMILES string of the molecule is Cc1ccccc1C1CCCN1C(=O)Cc1csc(N)n1. The number of rotatable bonds is 3. The Labute approximate surface area is 128 Å². The van der Waals surface area contributed by atoms with Crippen LogP contribution in [0.15, 0.2) is 29.6 Å². The summed E-state index contributed by atoms with van der Waals surface area (Å²) in [4.78, 5) is 18.8. The Morgan fingerprint density at radius 3 is 3.00 bits per heavy atom. The van der Waals surface area contributed by atoms with Gasteiger partial charge in [-0.05, 0) is 30.9 Å². The highest BCUT2D eigenvalue weighted by Crippen LogP contribution is 2.34. The van der Waals surface area contributed by atoms with Crippen LogP contribution in [-0.2, 0) is 11.2 Å². The summed E-state index contributed by atoms with van der Waals surface area (Å²) in [5, 5.41) is 2.39. The van der Waals surface area contributed by atoms with Crippen molar-refractivity contribution in [2.45, 2.75) is 32.2 Å². The predicted octanol–water partition coefficient (Wildman–Crippen LogP) is 2.94. The lowest BCUT2D eigenvalue weighted by Gasteiger charge is -2.26. The molecule has 0 aliphatic carbocycles. The number of aromatic nitrogens is 1. The van der Waals surface area contributed by atoms with Crippen molar-refractivity contribution in [3.8, 4) is 0 Å². The summed E-state index contributed by atoms with van der Waals surface area (Å²) >= 11 is 1.38. The molecule has 110 valence electrons. The van der Waals surface area contributed by atoms with Gasteiger partial charge in [0.05, 0.1) is 18.2 Å². The second-order valence-corrected chi connectivity index (χ2v) is 6.35. The largest absolute Gasteiger partial charge is 0.375 e. The van der Waals surface area contributed by atoms with Crippen LogP contribution in [0.2, 0.25) is 0 Å². The number of nitrogens with two attached hydrogens (primary N) is 1. The molecule has 0 radical (unpaired) electrons. The van der Waals surface area contributed by atoms with Gasteiger partial charge in [-0.2, -0.15) is 0 Å². The van der Waals surface area contributed by atoms with Gasteiger partial charge in [-0.3, -0.25) is 4.79 Å². The highest BCUT2D eigenvalue weighted by atomic mass is 32.1. The van der Waals surface area contributed by atoms with E-state index in [1.165, 1.54) is 22.5 Å². The summed E-state index contributed by atoms with van der Waals surface area (Å²) in [7, 11) is 0. The van der Waals surface area contributed by atoms with Gasteiger partial charge in [0.25, 0.3) is 0 Å². The van der Waals surface area contributed by atoms with E-state index in [9.17, 15) is 4.79 Å². The first-order valence-electron chi connectivity index (χ1n) is 7.20. The van der Waals surface area contributed by atoms with Gasteiger partial charge in [-0.1, -0.05) is 24.3 Å². The first-order valence-corrected chi connectivity index (χ1v) is 8.08. The van der Waals surface area contributed by atoms with Crippen molar-refractivity contribution < 1.29 is 4.79 Å². The molecule has 1 fully saturated rings. The lowest BCUT2D eigenvalue weighted by Crippen LogP contribution is -2.32. The molecule has 1 unspecified atom stereocenters. The van der Waals surface area contributed by atoms with Gasteiger partial charge in [0.1, 0.15) is 0 Å². The first kappa shape index (κ1) is 14.1. The Bertz CT molecular complexity index is 652. The number of nitrogen functional groups attached to an aromatic ring is 1. The van der Waals surface area contributed by atoms with Crippen LogP contribution in [0.1, 0.15) is 35.7 Å². The number of nitrogens with zero attached hydrogens (tertiary/aromatic N) is 2. The van der Waals surface area contributed by atoms with Gasteiger partial charge in [0.15, 0.2) is 5.13 Å². The van der Waals surface area contributed by atoms with Gasteiger partial charge in [0.2, 0.25) is 5.91 Å². The summed E-state index contributed by atoms with van der Waals surface area (Å²) in [6, 6.07) is 8.53. The molecule has 21 heavy (non-hydrogen) atoms. The average Bonchev–Trinajstić information content (AvgIpc) is 3.08. The number of carbonyl (C=O) groups excluding carboxylic acids is 1. The summed E-state index contributed by atoms with van der Waals surface area (Å²) in [5.41, 5.74) is 8.92. The molecule has 1 aromatic carbocycles. The van der Waals surface area contributed by atoms with Crippen LogP contribution in [0.5, 0.6) is 0 Å². The Hall–Kier alpha value is -1.88. The zero-order valence-electron chi connectivity index (χ0n) is 12.1. The lowest BCUT2D eigenvalue weighted by molar-refractivity contribution is -0.131. The second kappa shape index (κ2) is 5.85. The number of thiazole rings is 1. The molecule has 1 amide bonds. The molecule has 2 N–H and O–H groups in total. The van der Waals surface area contributed by atoms with E-state index in [1.807, 2.05) is 22.4 Å². The molecular formula is C16H19N3OS. The zero-order valence-corrected chi connectivity index (χ0v) is 12.9. The minimum absolute atomic E-state index is 0.144. The summed E-state index contributed by atoms with van der Waals surface area (Å²) < 4.78 is 0. The fraction of sp³-hybridized carbons (Fsp3) is 0.375. The molecule has 1 atom stereocenters. The quantitative estimate of drug-likeness (QED) is 0.948. The first-order chi connectivity index (χ1) is 10.1. The third-order valence-corrected chi connectivity index (χ3v) is 4.75. The lowest BCUT2D eigenvalue weighted by atomic mass is 9.99. The van der Waals surface area contributed by atoms with Gasteiger partial charge < -0.3 is 10.6 Å². The Morgan fingerprint density at radius 2 is 2.29 bits per heavy atom. The highest BCUT2D eigenvalue weighted by Gasteiger charge is 2.30. The molecule has 0 bridgehead atoms. The number of amides is 1. The highest BCUT2D eigenvalue weighted by molar-refractivity contribution is 7.13. The second-order valence-electron chi connectivity index (χ2n) is 5.46. The fourth-order valence-corrected chi connectivity index (χ4v) is 3.57. The minimum atomic E-state index is 0.144. The molecule has 0 saturated carbocycles. The predicted molar refractivity (Wildman–Crippen MR) is 85.1 cm³/mol. The molecule has 1 aromatic heterocycles. The van der Waals surface area contributed by atoms with E-state index in [-0.39, 0.29) is 11.9 Å². The Kier molecular flexibility index (Phi) is 3.92. The molecule has 1 aliphatic rings. The monoisotopic (exact) mass is 301 g/mol. The molecule has 2 aromatic rings. The third kappa shape index (κ3) is 2.93. The van der Waals surface area contributed by atoms with E-state index in [0.29, 0.717) is 11.6 Å². The van der Waals surface area contributed by atoms with Gasteiger partial charge >= 0.3 is 0 Å². The number of likely N-dealkylation sites (tertiary alicyclic amines) is 1. The molecule has 1 saturated heterocycles. The average molecular weight is 301 g/mol. The molecule has 2 heterocycles. The van der Waals surface area contributed by atoms with Crippen LogP contribution >= 0.6 is 11.3 Å². The number of hydrogen-bond acceptors (Lipinski definition) is 4. The third-order valence-electron chi connectivity index (χ3n) is 4.02. The van der Waals surface area contributed by atoms with Gasteiger partial charge in [0, 0.05) is 11.9 Å². The fourth-order valence-electron chi connectivity index (χ4n) is 3.01. The van der Waals surface area contributed by atoms with E-state index >= 15 is 0 Å². The van der Waals surface area contributed by atoms with Crippen molar-refractivity contribution >= 4 is 22.4 Å². The molecule has 3 rings (SSSR count). The summed E-state index contributed by atoms with van der Waals surface area (Å²) in [5.74, 6) is 0.144. The van der Waals surface area contributed by atoms with Crippen LogP contribution in [0.4, 0.5) is 5.13 Å². The van der Waals surface area contributed by atoms with E-state index in [2.05, 4.69) is 24.0 Å². The van der Waals surface area contributed by atoms with Crippen LogP contribution in [-0.4, -0.2) is 22.3 Å². The van der Waals surface area contributed by atoms with E-state index in [0.717, 1.165) is 25.1 Å². The molecule has 4 nitrogen and oxygen atoms in total. The van der Waals surface area contributed by atoms with E-state index < -0.39 is 0 Å². The van der Waals surface area contributed by atoms with Crippen LogP contribution in [0.3, 0.4) is 0 Å². The number of benzene rings is 1. The topological polar surface area (TPSA) is 59.2 Å². The number of aryl methyl sites for hydroxylation is 1. The van der Waals surface area contributed by atoms with Gasteiger partial charge in [-0.15, -0.1) is 11.3 Å². The van der Waals surface area contributed by atoms with E-state index in [4.69, 9.17) is 5.73 Å². The Balaban J connectivity index is 1.77. The normalized spacial score (nSPS) is 18.1. The number of hydrogen-bond donors (Lipinski definition) is 1. The van der Waals surface area contributed by atoms with Crippen molar-refractivity contribution in [1.29, 1.82) is 0 Å². The van der Waals surface area contributed by atoms with Crippen LogP contribution in [0, 0.1) is 6.92 Å². The van der Waals surface area contributed by atoms with E-state index in [1.54, 1.807) is 0 Å². The van der Waals surface area contributed by atoms with Crippen molar-refractivity contribution in [2.75, 3.05) is 12.3 Å². The maximum atomic E-state index is 12.6. The summed E-state index contributed by atoms with van der Waals surface area (Å²) in [6.07, 6.45) is 2.44. The van der Waals surface area contributed by atoms with Crippen molar-refractivity contribution in [3.05, 3.63) is 46.5 Å².